The highest BCUT2D eigenvalue weighted by Crippen LogP contribution is 2.07. The predicted molar refractivity (Wildman–Crippen MR) is 60.8 cm³/mol. The number of carbonyl (C=O) groups excluding carboxylic acids is 1. The van der Waals surface area contributed by atoms with Gasteiger partial charge >= 0.3 is 0 Å². The molecule has 1 rings (SSSR count). The molecule has 0 fully saturated rings. The smallest absolute Gasteiger partial charge is 0.142 e. The average Bonchev–Trinajstić information content (AvgIpc) is 2.60. The van der Waals surface area contributed by atoms with Gasteiger partial charge in [-0.05, 0) is 19.4 Å². The van der Waals surface area contributed by atoms with Crippen LogP contribution < -0.4 is 0 Å². The van der Waals surface area contributed by atoms with E-state index in [9.17, 15) is 4.79 Å². The summed E-state index contributed by atoms with van der Waals surface area (Å²) in [4.78, 5) is 11.5. The lowest BCUT2D eigenvalue weighted by Crippen LogP contribution is -2.08. The Morgan fingerprint density at radius 2 is 2.33 bits per heavy atom. The van der Waals surface area contributed by atoms with Crippen LogP contribution in [0.3, 0.4) is 0 Å². The maximum Gasteiger partial charge on any atom is 0.142 e. The molecule has 0 radical (unpaired) electrons. The number of aryl methyl sites for hydroxylation is 2. The van der Waals surface area contributed by atoms with E-state index in [4.69, 9.17) is 0 Å². The van der Waals surface area contributed by atoms with Gasteiger partial charge in [0.05, 0.1) is 5.69 Å². The van der Waals surface area contributed by atoms with E-state index in [1.54, 1.807) is 6.08 Å². The number of carbonyl (C=O) groups is 1. The van der Waals surface area contributed by atoms with E-state index >= 15 is 0 Å². The number of hydrogen-bond donors (Lipinski definition) is 0. The van der Waals surface area contributed by atoms with Crippen molar-refractivity contribution in [2.75, 3.05) is 0 Å². The molecule has 0 bridgehead atoms. The summed E-state index contributed by atoms with van der Waals surface area (Å²) in [5, 5.41) is 4.40. The van der Waals surface area contributed by atoms with Gasteiger partial charge in [-0.25, -0.2) is 0 Å². The van der Waals surface area contributed by atoms with Crippen LogP contribution in [-0.2, 0) is 24.2 Å². The van der Waals surface area contributed by atoms with Crippen molar-refractivity contribution >= 4 is 5.78 Å². The van der Waals surface area contributed by atoms with Crippen molar-refractivity contribution < 1.29 is 4.79 Å². The molecule has 0 amide bonds. The van der Waals surface area contributed by atoms with Crippen LogP contribution in [0.1, 0.15) is 31.7 Å². The fraction of sp³-hybridized carbons (Fsp3) is 0.500. The fourth-order valence-electron chi connectivity index (χ4n) is 1.54. The minimum atomic E-state index is 0.197. The molecule has 0 N–H and O–H groups in total. The summed E-state index contributed by atoms with van der Waals surface area (Å²) < 4.78 is 1.90. The maximum atomic E-state index is 11.5. The second-order valence-electron chi connectivity index (χ2n) is 3.50. The standard InChI is InChI=1S/C12H18N2O/c1-4-7-12(15)9-11-8-10(5-2)13-14(11)6-3/h4,8H,1,5-7,9H2,2-3H3. The summed E-state index contributed by atoms with van der Waals surface area (Å²) >= 11 is 0. The zero-order chi connectivity index (χ0) is 11.3. The number of hydrogen-bond acceptors (Lipinski definition) is 2. The third kappa shape index (κ3) is 3.05. The quantitative estimate of drug-likeness (QED) is 0.668. The largest absolute Gasteiger partial charge is 0.299 e. The van der Waals surface area contributed by atoms with Gasteiger partial charge in [-0.2, -0.15) is 5.10 Å². The molecular weight excluding hydrogens is 188 g/mol. The van der Waals surface area contributed by atoms with Crippen molar-refractivity contribution in [1.82, 2.24) is 9.78 Å². The highest BCUT2D eigenvalue weighted by molar-refractivity contribution is 5.81. The molecule has 3 nitrogen and oxygen atoms in total. The second kappa shape index (κ2) is 5.49. The summed E-state index contributed by atoms with van der Waals surface area (Å²) in [6, 6.07) is 2.02. The molecule has 3 heteroatoms. The number of allylic oxidation sites excluding steroid dienone is 1. The zero-order valence-electron chi connectivity index (χ0n) is 9.49. The van der Waals surface area contributed by atoms with Gasteiger partial charge in [-0.1, -0.05) is 13.0 Å². The Morgan fingerprint density at radius 3 is 2.87 bits per heavy atom. The van der Waals surface area contributed by atoms with Gasteiger partial charge in [-0.15, -0.1) is 6.58 Å². The third-order valence-corrected chi connectivity index (χ3v) is 2.33. The first-order chi connectivity index (χ1) is 7.21. The Bertz CT molecular complexity index is 353. The summed E-state index contributed by atoms with van der Waals surface area (Å²) in [7, 11) is 0. The minimum absolute atomic E-state index is 0.197. The number of nitrogens with zero attached hydrogens (tertiary/aromatic N) is 2. The van der Waals surface area contributed by atoms with Crippen molar-refractivity contribution in [2.45, 2.75) is 39.7 Å². The molecule has 1 aromatic heterocycles. The van der Waals surface area contributed by atoms with Crippen molar-refractivity contribution in [3.8, 4) is 0 Å². The Morgan fingerprint density at radius 1 is 1.60 bits per heavy atom. The van der Waals surface area contributed by atoms with E-state index in [2.05, 4.69) is 18.6 Å². The summed E-state index contributed by atoms with van der Waals surface area (Å²) in [6.45, 7) is 8.48. The van der Waals surface area contributed by atoms with E-state index in [1.807, 2.05) is 17.7 Å². The first kappa shape index (κ1) is 11.7. The van der Waals surface area contributed by atoms with Crippen molar-refractivity contribution in [3.05, 3.63) is 30.1 Å². The van der Waals surface area contributed by atoms with Crippen LogP contribution in [0.15, 0.2) is 18.7 Å². The molecule has 0 spiro atoms. The van der Waals surface area contributed by atoms with E-state index in [0.717, 1.165) is 24.4 Å². The molecule has 0 aliphatic rings. The van der Waals surface area contributed by atoms with E-state index in [0.29, 0.717) is 12.8 Å². The molecule has 0 saturated heterocycles. The number of ketones is 1. The molecule has 0 aliphatic heterocycles. The van der Waals surface area contributed by atoms with E-state index in [-0.39, 0.29) is 5.78 Å². The van der Waals surface area contributed by atoms with Crippen LogP contribution >= 0.6 is 0 Å². The van der Waals surface area contributed by atoms with Crippen LogP contribution in [-0.4, -0.2) is 15.6 Å². The van der Waals surface area contributed by atoms with Gasteiger partial charge in [0.2, 0.25) is 0 Å². The fourth-order valence-corrected chi connectivity index (χ4v) is 1.54. The Labute approximate surface area is 90.8 Å². The van der Waals surface area contributed by atoms with Crippen LogP contribution in [0.5, 0.6) is 0 Å². The van der Waals surface area contributed by atoms with Gasteiger partial charge in [0.25, 0.3) is 0 Å². The van der Waals surface area contributed by atoms with Crippen LogP contribution in [0.4, 0.5) is 0 Å². The normalized spacial score (nSPS) is 10.3. The summed E-state index contributed by atoms with van der Waals surface area (Å²) in [6.07, 6.45) is 3.47. The predicted octanol–water partition coefficient (Wildman–Crippen LogP) is 2.15. The zero-order valence-corrected chi connectivity index (χ0v) is 9.49. The Hall–Kier alpha value is -1.38. The van der Waals surface area contributed by atoms with Crippen LogP contribution in [0.2, 0.25) is 0 Å². The van der Waals surface area contributed by atoms with Gasteiger partial charge < -0.3 is 0 Å². The minimum Gasteiger partial charge on any atom is -0.299 e. The van der Waals surface area contributed by atoms with Crippen molar-refractivity contribution in [3.63, 3.8) is 0 Å². The Balaban J connectivity index is 2.78. The van der Waals surface area contributed by atoms with E-state index in [1.165, 1.54) is 0 Å². The summed E-state index contributed by atoms with van der Waals surface area (Å²) in [5.41, 5.74) is 2.07. The lowest BCUT2D eigenvalue weighted by Gasteiger charge is -2.02. The Kier molecular flexibility index (Phi) is 4.28. The molecule has 0 unspecified atom stereocenters. The third-order valence-electron chi connectivity index (χ3n) is 2.33. The van der Waals surface area contributed by atoms with Gasteiger partial charge in [-0.3, -0.25) is 9.48 Å². The topological polar surface area (TPSA) is 34.9 Å². The van der Waals surface area contributed by atoms with Gasteiger partial charge in [0, 0.05) is 25.1 Å². The number of rotatable bonds is 6. The lowest BCUT2D eigenvalue weighted by atomic mass is 10.1. The second-order valence-corrected chi connectivity index (χ2v) is 3.50. The summed E-state index contributed by atoms with van der Waals surface area (Å²) in [5.74, 6) is 0.197. The lowest BCUT2D eigenvalue weighted by molar-refractivity contribution is -0.117. The first-order valence-corrected chi connectivity index (χ1v) is 5.39. The molecule has 1 heterocycles. The molecular formula is C12H18N2O. The maximum absolute atomic E-state index is 11.5. The van der Waals surface area contributed by atoms with Crippen molar-refractivity contribution in [1.29, 1.82) is 0 Å². The monoisotopic (exact) mass is 206 g/mol. The molecule has 0 atom stereocenters. The molecule has 82 valence electrons. The number of Topliss-reactive ketones (excluding diaryl/α,β-unsaturated/α-hetero) is 1. The molecule has 1 aromatic rings. The molecule has 0 saturated carbocycles. The highest BCUT2D eigenvalue weighted by atomic mass is 16.1. The SMILES string of the molecule is C=CCC(=O)Cc1cc(CC)nn1CC. The van der Waals surface area contributed by atoms with Gasteiger partial charge in [0.15, 0.2) is 0 Å². The highest BCUT2D eigenvalue weighted by Gasteiger charge is 2.09. The molecule has 0 aromatic carbocycles. The van der Waals surface area contributed by atoms with E-state index < -0.39 is 0 Å². The molecule has 15 heavy (non-hydrogen) atoms. The van der Waals surface area contributed by atoms with Crippen LogP contribution in [0, 0.1) is 0 Å². The number of aromatic nitrogens is 2. The average molecular weight is 206 g/mol. The van der Waals surface area contributed by atoms with Crippen molar-refractivity contribution in [2.24, 2.45) is 0 Å². The molecule has 0 aliphatic carbocycles. The first-order valence-electron chi connectivity index (χ1n) is 5.39. The van der Waals surface area contributed by atoms with Gasteiger partial charge in [0.1, 0.15) is 5.78 Å². The van der Waals surface area contributed by atoms with Crippen LogP contribution in [0.25, 0.3) is 0 Å².